The Morgan fingerprint density at radius 1 is 1.20 bits per heavy atom. The normalized spacial score (nSPS) is 16.3. The van der Waals surface area contributed by atoms with E-state index in [0.717, 1.165) is 16.7 Å². The van der Waals surface area contributed by atoms with Gasteiger partial charge in [0.15, 0.2) is 0 Å². The summed E-state index contributed by atoms with van der Waals surface area (Å²) in [7, 11) is 0. The van der Waals surface area contributed by atoms with E-state index < -0.39 is 30.3 Å². The molecular formula is C19H13Cl2NO6S2. The van der Waals surface area contributed by atoms with E-state index >= 15 is 0 Å². The Labute approximate surface area is 190 Å². The molecule has 2 aromatic rings. The van der Waals surface area contributed by atoms with Gasteiger partial charge in [-0.3, -0.25) is 14.5 Å². The van der Waals surface area contributed by atoms with Gasteiger partial charge < -0.3 is 14.6 Å². The van der Waals surface area contributed by atoms with Gasteiger partial charge in [-0.15, -0.1) is 0 Å². The third-order valence-corrected chi connectivity index (χ3v) is 6.23. The fourth-order valence-electron chi connectivity index (χ4n) is 2.74. The highest BCUT2D eigenvalue weighted by atomic mass is 35.5. The van der Waals surface area contributed by atoms with Crippen molar-refractivity contribution in [2.45, 2.75) is 18.9 Å². The van der Waals surface area contributed by atoms with Crippen molar-refractivity contribution in [3.63, 3.8) is 0 Å². The number of aliphatic carboxylic acids is 2. The number of rotatable bonds is 7. The maximum Gasteiger partial charge on any atom is 0.326 e. The largest absolute Gasteiger partial charge is 0.481 e. The molecule has 0 bridgehead atoms. The number of halogens is 2. The van der Waals surface area contributed by atoms with Crippen molar-refractivity contribution in [1.82, 2.24) is 4.90 Å². The van der Waals surface area contributed by atoms with Crippen molar-refractivity contribution in [2.24, 2.45) is 0 Å². The summed E-state index contributed by atoms with van der Waals surface area (Å²) in [4.78, 5) is 36.2. The number of hydrogen-bond acceptors (Lipinski definition) is 6. The summed E-state index contributed by atoms with van der Waals surface area (Å²) in [5, 5.41) is 19.0. The molecule has 0 spiro atoms. The van der Waals surface area contributed by atoms with Gasteiger partial charge in [-0.1, -0.05) is 47.2 Å². The molecule has 0 saturated carbocycles. The third kappa shape index (κ3) is 4.86. The molecule has 0 aliphatic carbocycles. The van der Waals surface area contributed by atoms with Crippen LogP contribution in [0.5, 0.6) is 0 Å². The molecule has 1 unspecified atom stereocenters. The van der Waals surface area contributed by atoms with Crippen molar-refractivity contribution in [2.75, 3.05) is 0 Å². The maximum absolute atomic E-state index is 12.7. The first-order valence-electron chi connectivity index (χ1n) is 8.44. The number of amides is 1. The quantitative estimate of drug-likeness (QED) is 0.426. The molecule has 1 atom stereocenters. The lowest BCUT2D eigenvalue weighted by atomic mass is 10.1. The minimum Gasteiger partial charge on any atom is -0.481 e. The maximum atomic E-state index is 12.7. The molecule has 1 aromatic heterocycles. The summed E-state index contributed by atoms with van der Waals surface area (Å²) < 4.78 is 5.77. The summed E-state index contributed by atoms with van der Waals surface area (Å²) in [5.41, 5.74) is 0.691. The number of benzene rings is 1. The molecule has 30 heavy (non-hydrogen) atoms. The number of thiocarbonyl (C=S) groups is 1. The van der Waals surface area contributed by atoms with E-state index in [0.29, 0.717) is 27.1 Å². The average molecular weight is 486 g/mol. The van der Waals surface area contributed by atoms with Crippen molar-refractivity contribution >= 4 is 75.4 Å². The zero-order valence-corrected chi connectivity index (χ0v) is 18.1. The van der Waals surface area contributed by atoms with Crippen LogP contribution in [0.15, 0.2) is 39.7 Å². The fraction of sp³-hybridized carbons (Fsp3) is 0.158. The second-order valence-corrected chi connectivity index (χ2v) is 8.66. The molecule has 1 aliphatic heterocycles. The zero-order valence-electron chi connectivity index (χ0n) is 15.0. The van der Waals surface area contributed by atoms with E-state index in [1.165, 1.54) is 6.08 Å². The first kappa shape index (κ1) is 22.4. The van der Waals surface area contributed by atoms with Gasteiger partial charge >= 0.3 is 11.9 Å². The highest BCUT2D eigenvalue weighted by Crippen LogP contribution is 2.36. The summed E-state index contributed by atoms with van der Waals surface area (Å²) in [6.07, 6.45) is 0.793. The second kappa shape index (κ2) is 9.22. The average Bonchev–Trinajstić information content (AvgIpc) is 3.24. The predicted molar refractivity (Wildman–Crippen MR) is 117 cm³/mol. The van der Waals surface area contributed by atoms with Crippen LogP contribution in [0.1, 0.15) is 18.6 Å². The minimum atomic E-state index is -1.36. The number of hydrogen-bond donors (Lipinski definition) is 2. The van der Waals surface area contributed by atoms with Gasteiger partial charge in [0.1, 0.15) is 21.9 Å². The van der Waals surface area contributed by atoms with Crippen LogP contribution in [0.3, 0.4) is 0 Å². The minimum absolute atomic E-state index is 0.0419. The van der Waals surface area contributed by atoms with Crippen LogP contribution in [-0.2, 0) is 14.4 Å². The third-order valence-electron chi connectivity index (χ3n) is 4.16. The van der Waals surface area contributed by atoms with E-state index in [-0.39, 0.29) is 15.6 Å². The van der Waals surface area contributed by atoms with Gasteiger partial charge in [-0.2, -0.15) is 0 Å². The summed E-state index contributed by atoms with van der Waals surface area (Å²) in [6.45, 7) is 0. The van der Waals surface area contributed by atoms with E-state index in [2.05, 4.69) is 0 Å². The van der Waals surface area contributed by atoms with Crippen LogP contribution in [0.2, 0.25) is 10.0 Å². The number of furan rings is 1. The Bertz CT molecular complexity index is 1080. The van der Waals surface area contributed by atoms with Crippen LogP contribution in [0.25, 0.3) is 17.4 Å². The fourth-order valence-corrected chi connectivity index (χ4v) is 4.37. The van der Waals surface area contributed by atoms with E-state index in [1.54, 1.807) is 30.3 Å². The molecule has 1 fully saturated rings. The first-order chi connectivity index (χ1) is 14.2. The Balaban J connectivity index is 1.83. The van der Waals surface area contributed by atoms with E-state index in [4.69, 9.17) is 44.9 Å². The lowest BCUT2D eigenvalue weighted by molar-refractivity contribution is -0.146. The number of nitrogens with zero attached hydrogens (tertiary/aromatic N) is 1. The van der Waals surface area contributed by atoms with Crippen molar-refractivity contribution in [3.8, 4) is 11.3 Å². The summed E-state index contributed by atoms with van der Waals surface area (Å²) >= 11 is 18.0. The van der Waals surface area contributed by atoms with Crippen LogP contribution in [0, 0.1) is 0 Å². The van der Waals surface area contributed by atoms with Gasteiger partial charge in [-0.05, 0) is 36.8 Å². The highest BCUT2D eigenvalue weighted by Gasteiger charge is 2.40. The molecule has 156 valence electrons. The lowest BCUT2D eigenvalue weighted by Gasteiger charge is -2.22. The Morgan fingerprint density at radius 3 is 2.57 bits per heavy atom. The van der Waals surface area contributed by atoms with E-state index in [9.17, 15) is 19.5 Å². The first-order valence-corrected chi connectivity index (χ1v) is 10.4. The van der Waals surface area contributed by atoms with Gasteiger partial charge in [0.25, 0.3) is 5.91 Å². The lowest BCUT2D eigenvalue weighted by Crippen LogP contribution is -2.44. The number of thioether (sulfide) groups is 1. The second-order valence-electron chi connectivity index (χ2n) is 6.17. The number of carboxylic acid groups (broad SMARTS) is 2. The topological polar surface area (TPSA) is 108 Å². The zero-order chi connectivity index (χ0) is 22.0. The molecule has 1 amide bonds. The van der Waals surface area contributed by atoms with Crippen molar-refractivity contribution in [1.29, 1.82) is 0 Å². The van der Waals surface area contributed by atoms with Crippen LogP contribution < -0.4 is 0 Å². The number of carboxylic acids is 2. The summed E-state index contributed by atoms with van der Waals surface area (Å²) in [5.74, 6) is -2.24. The molecule has 11 heteroatoms. The molecule has 7 nitrogen and oxygen atoms in total. The molecular weight excluding hydrogens is 473 g/mol. The monoisotopic (exact) mass is 485 g/mol. The summed E-state index contributed by atoms with van der Waals surface area (Å²) in [6, 6.07) is 6.99. The molecule has 2 heterocycles. The smallest absolute Gasteiger partial charge is 0.326 e. The number of carbonyl (C=O) groups is 3. The van der Waals surface area contributed by atoms with E-state index in [1.807, 2.05) is 0 Å². The van der Waals surface area contributed by atoms with Crippen LogP contribution in [-0.4, -0.2) is 43.3 Å². The Morgan fingerprint density at radius 2 is 1.93 bits per heavy atom. The van der Waals surface area contributed by atoms with Crippen molar-refractivity contribution in [3.05, 3.63) is 51.0 Å². The molecule has 1 saturated heterocycles. The molecule has 2 N–H and O–H groups in total. The van der Waals surface area contributed by atoms with Crippen molar-refractivity contribution < 1.29 is 29.0 Å². The molecule has 1 aliphatic rings. The van der Waals surface area contributed by atoms with Gasteiger partial charge in [0, 0.05) is 18.1 Å². The Hall–Kier alpha value is -2.33. The molecule has 0 radical (unpaired) electrons. The van der Waals surface area contributed by atoms with Crippen LogP contribution >= 0.6 is 47.2 Å². The van der Waals surface area contributed by atoms with Gasteiger partial charge in [-0.25, -0.2) is 4.79 Å². The standard InChI is InChI=1S/C19H13Cl2NO6S2/c20-11-3-1-9(7-12(11)21)14-5-2-10(28-14)8-15-17(25)22(19(29)30-15)13(18(26)27)4-6-16(23)24/h1-3,5,7-8,13H,4,6H2,(H,23,24)(H,26,27)/b15-8-. The van der Waals surface area contributed by atoms with Gasteiger partial charge in [0.2, 0.25) is 0 Å². The van der Waals surface area contributed by atoms with Crippen LogP contribution in [0.4, 0.5) is 0 Å². The van der Waals surface area contributed by atoms with Gasteiger partial charge in [0.05, 0.1) is 15.0 Å². The SMILES string of the molecule is O=C(O)CCC(C(=O)O)N1C(=O)/C(=C/c2ccc(-c3ccc(Cl)c(Cl)c3)o2)SC1=S. The molecule has 1 aromatic carbocycles. The predicted octanol–water partition coefficient (Wildman–Crippen LogP) is 4.77. The Kier molecular flexibility index (Phi) is 6.87. The highest BCUT2D eigenvalue weighted by molar-refractivity contribution is 8.26. The molecule has 3 rings (SSSR count). The number of carbonyl (C=O) groups excluding carboxylic acids is 1.